The molecule has 1 heterocycles. The molecule has 2 rings (SSSR count). The van der Waals surface area contributed by atoms with Crippen molar-refractivity contribution in [1.82, 2.24) is 0 Å². The number of benzene rings is 1. The zero-order chi connectivity index (χ0) is 10.7. The number of rotatable bonds is 3. The van der Waals surface area contributed by atoms with Crippen LogP contribution in [-0.4, -0.2) is 13.2 Å². The molecule has 0 bridgehead atoms. The molecule has 1 aliphatic rings. The number of hydrogen-bond acceptors (Lipinski definition) is 3. The van der Waals surface area contributed by atoms with E-state index in [1.807, 2.05) is 18.2 Å². The van der Waals surface area contributed by atoms with Gasteiger partial charge in [-0.15, -0.1) is 12.4 Å². The van der Waals surface area contributed by atoms with Crippen molar-refractivity contribution in [1.29, 1.82) is 0 Å². The smallest absolute Gasteiger partial charge is 0.166 e. The molecule has 2 N–H and O–H groups in total. The molecule has 0 amide bonds. The quantitative estimate of drug-likeness (QED) is 0.888. The van der Waals surface area contributed by atoms with Gasteiger partial charge >= 0.3 is 0 Å². The van der Waals surface area contributed by atoms with Gasteiger partial charge in [0.2, 0.25) is 0 Å². The zero-order valence-corrected chi connectivity index (χ0v) is 10.3. The van der Waals surface area contributed by atoms with Gasteiger partial charge in [0.15, 0.2) is 11.5 Å². The molecule has 0 unspecified atom stereocenters. The first-order valence-electron chi connectivity index (χ1n) is 5.47. The lowest BCUT2D eigenvalue weighted by molar-refractivity contribution is 0.169. The Bertz CT molecular complexity index is 344. The van der Waals surface area contributed by atoms with Crippen LogP contribution in [0.25, 0.3) is 0 Å². The molecule has 1 aromatic rings. The molecule has 3 nitrogen and oxygen atoms in total. The second-order valence-corrected chi connectivity index (χ2v) is 3.77. The maximum Gasteiger partial charge on any atom is 0.166 e. The Kier molecular flexibility index (Phi) is 4.90. The van der Waals surface area contributed by atoms with Crippen LogP contribution in [0.5, 0.6) is 11.5 Å². The number of halogens is 1. The van der Waals surface area contributed by atoms with Crippen LogP contribution in [0.15, 0.2) is 18.2 Å². The van der Waals surface area contributed by atoms with Crippen molar-refractivity contribution in [3.63, 3.8) is 0 Å². The largest absolute Gasteiger partial charge is 0.486 e. The van der Waals surface area contributed by atoms with Gasteiger partial charge in [0, 0.05) is 11.6 Å². The molecule has 0 saturated carbocycles. The van der Waals surface area contributed by atoms with Crippen LogP contribution in [0.3, 0.4) is 0 Å². The molecule has 90 valence electrons. The second kappa shape index (κ2) is 5.97. The number of ether oxygens (including phenoxy) is 2. The third-order valence-corrected chi connectivity index (χ3v) is 2.60. The normalized spacial score (nSPS) is 15.1. The summed E-state index contributed by atoms with van der Waals surface area (Å²) in [5.74, 6) is 1.66. The Morgan fingerprint density at radius 1 is 1.31 bits per heavy atom. The molecule has 0 saturated heterocycles. The van der Waals surface area contributed by atoms with Gasteiger partial charge in [-0.25, -0.2) is 0 Å². The maximum absolute atomic E-state index is 6.09. The highest BCUT2D eigenvalue weighted by molar-refractivity contribution is 5.85. The average Bonchev–Trinajstić information content (AvgIpc) is 2.28. The summed E-state index contributed by atoms with van der Waals surface area (Å²) in [6.45, 7) is 3.37. The Morgan fingerprint density at radius 3 is 2.81 bits per heavy atom. The lowest BCUT2D eigenvalue weighted by Crippen LogP contribution is -2.19. The lowest BCUT2D eigenvalue weighted by atomic mass is 10.0. The van der Waals surface area contributed by atoms with E-state index in [2.05, 4.69) is 6.92 Å². The zero-order valence-electron chi connectivity index (χ0n) is 9.44. The van der Waals surface area contributed by atoms with Crippen LogP contribution in [0, 0.1) is 0 Å². The minimum absolute atomic E-state index is 0. The SMILES string of the molecule is CCC[C@H](N)c1cccc2c1OCCO2.Cl. The Hall–Kier alpha value is -0.930. The molecule has 0 aromatic heterocycles. The van der Waals surface area contributed by atoms with E-state index >= 15 is 0 Å². The first kappa shape index (κ1) is 13.1. The molecule has 16 heavy (non-hydrogen) atoms. The highest BCUT2D eigenvalue weighted by Gasteiger charge is 2.18. The van der Waals surface area contributed by atoms with E-state index < -0.39 is 0 Å². The molecule has 1 aromatic carbocycles. The molecule has 0 aliphatic carbocycles. The average molecular weight is 244 g/mol. The third kappa shape index (κ3) is 2.60. The number of fused-ring (bicyclic) bond motifs is 1. The van der Waals surface area contributed by atoms with Gasteiger partial charge in [-0.1, -0.05) is 25.5 Å². The van der Waals surface area contributed by atoms with E-state index in [1.54, 1.807) is 0 Å². The highest BCUT2D eigenvalue weighted by atomic mass is 35.5. The molecule has 1 atom stereocenters. The fraction of sp³-hybridized carbons (Fsp3) is 0.500. The molecule has 4 heteroatoms. The summed E-state index contributed by atoms with van der Waals surface area (Å²) in [5.41, 5.74) is 7.16. The van der Waals surface area contributed by atoms with Gasteiger partial charge in [0.05, 0.1) is 0 Å². The number of para-hydroxylation sites is 1. The summed E-state index contributed by atoms with van der Waals surface area (Å²) in [7, 11) is 0. The molecular formula is C12H18ClNO2. The predicted octanol–water partition coefficient (Wildman–Crippen LogP) is 2.68. The number of hydrogen-bond donors (Lipinski definition) is 1. The van der Waals surface area contributed by atoms with Crippen LogP contribution in [0.2, 0.25) is 0 Å². The number of nitrogens with two attached hydrogens (primary N) is 1. The van der Waals surface area contributed by atoms with E-state index in [1.165, 1.54) is 0 Å². The van der Waals surface area contributed by atoms with Crippen LogP contribution in [0.4, 0.5) is 0 Å². The van der Waals surface area contributed by atoms with Crippen molar-refractivity contribution < 1.29 is 9.47 Å². The van der Waals surface area contributed by atoms with Crippen molar-refractivity contribution in [2.24, 2.45) is 5.73 Å². The van der Waals surface area contributed by atoms with Gasteiger partial charge in [-0.2, -0.15) is 0 Å². The topological polar surface area (TPSA) is 44.5 Å². The fourth-order valence-electron chi connectivity index (χ4n) is 1.85. The van der Waals surface area contributed by atoms with Gasteiger partial charge in [0.25, 0.3) is 0 Å². The highest BCUT2D eigenvalue weighted by Crippen LogP contribution is 2.37. The van der Waals surface area contributed by atoms with Crippen molar-refractivity contribution in [2.45, 2.75) is 25.8 Å². The fourth-order valence-corrected chi connectivity index (χ4v) is 1.85. The molecule has 0 fully saturated rings. The predicted molar refractivity (Wildman–Crippen MR) is 66.5 cm³/mol. The van der Waals surface area contributed by atoms with Crippen molar-refractivity contribution in [2.75, 3.05) is 13.2 Å². The van der Waals surface area contributed by atoms with Crippen LogP contribution < -0.4 is 15.2 Å². The summed E-state index contributed by atoms with van der Waals surface area (Å²) in [4.78, 5) is 0. The second-order valence-electron chi connectivity index (χ2n) is 3.77. The maximum atomic E-state index is 6.09. The van der Waals surface area contributed by atoms with Gasteiger partial charge in [0.1, 0.15) is 13.2 Å². The van der Waals surface area contributed by atoms with E-state index in [9.17, 15) is 0 Å². The Balaban J connectivity index is 0.00000128. The van der Waals surface area contributed by atoms with Crippen LogP contribution in [0.1, 0.15) is 31.4 Å². The van der Waals surface area contributed by atoms with E-state index in [0.29, 0.717) is 13.2 Å². The van der Waals surface area contributed by atoms with Gasteiger partial charge in [-0.3, -0.25) is 0 Å². The van der Waals surface area contributed by atoms with Crippen LogP contribution >= 0.6 is 12.4 Å². The van der Waals surface area contributed by atoms with Crippen molar-refractivity contribution in [3.8, 4) is 11.5 Å². The third-order valence-electron chi connectivity index (χ3n) is 2.60. The van der Waals surface area contributed by atoms with Crippen molar-refractivity contribution in [3.05, 3.63) is 23.8 Å². The standard InChI is InChI=1S/C12H17NO2.ClH/c1-2-4-10(13)9-5-3-6-11-12(9)15-8-7-14-11;/h3,5-6,10H,2,4,7-8,13H2,1H3;1H/t10-;/m0./s1. The van der Waals surface area contributed by atoms with Gasteiger partial charge < -0.3 is 15.2 Å². The molecule has 1 aliphatic heterocycles. The Morgan fingerprint density at radius 2 is 2.06 bits per heavy atom. The molecule has 0 spiro atoms. The van der Waals surface area contributed by atoms with Crippen molar-refractivity contribution >= 4 is 12.4 Å². The first-order valence-corrected chi connectivity index (χ1v) is 5.47. The minimum atomic E-state index is 0. The molecule has 0 radical (unpaired) electrons. The van der Waals surface area contributed by atoms with Crippen LogP contribution in [-0.2, 0) is 0 Å². The van der Waals surface area contributed by atoms with E-state index in [4.69, 9.17) is 15.2 Å². The van der Waals surface area contributed by atoms with E-state index in [-0.39, 0.29) is 18.4 Å². The Labute approximate surface area is 102 Å². The summed E-state index contributed by atoms with van der Waals surface area (Å²) in [5, 5.41) is 0. The lowest BCUT2D eigenvalue weighted by Gasteiger charge is -2.23. The summed E-state index contributed by atoms with van der Waals surface area (Å²) >= 11 is 0. The minimum Gasteiger partial charge on any atom is -0.486 e. The van der Waals surface area contributed by atoms with E-state index in [0.717, 1.165) is 29.9 Å². The molecular weight excluding hydrogens is 226 g/mol. The summed E-state index contributed by atoms with van der Waals surface area (Å²) < 4.78 is 11.1. The summed E-state index contributed by atoms with van der Waals surface area (Å²) in [6.07, 6.45) is 2.05. The first-order chi connectivity index (χ1) is 7.33. The monoisotopic (exact) mass is 243 g/mol. The summed E-state index contributed by atoms with van der Waals surface area (Å²) in [6, 6.07) is 5.97. The van der Waals surface area contributed by atoms with Gasteiger partial charge in [-0.05, 0) is 12.5 Å².